The van der Waals surface area contributed by atoms with Crippen molar-refractivity contribution in [2.45, 2.75) is 19.3 Å². The van der Waals surface area contributed by atoms with Gasteiger partial charge in [0.05, 0.1) is 5.92 Å². The van der Waals surface area contributed by atoms with Crippen molar-refractivity contribution in [3.8, 4) is 0 Å². The Morgan fingerprint density at radius 2 is 2.33 bits per heavy atom. The summed E-state index contributed by atoms with van der Waals surface area (Å²) in [7, 11) is 0. The first-order valence-electron chi connectivity index (χ1n) is 4.94. The fourth-order valence-electron chi connectivity index (χ4n) is 2.73. The molecule has 4 N–H and O–H groups in total. The monoisotopic (exact) mass is 227 g/mol. The highest BCUT2D eigenvalue weighted by Crippen LogP contribution is 2.47. The van der Waals surface area contributed by atoms with Crippen LogP contribution >= 0.6 is 12.2 Å². The van der Waals surface area contributed by atoms with Crippen LogP contribution in [0.5, 0.6) is 0 Å². The van der Waals surface area contributed by atoms with Gasteiger partial charge in [-0.3, -0.25) is 10.2 Å². The number of aliphatic carboxylic acids is 1. The van der Waals surface area contributed by atoms with E-state index in [0.29, 0.717) is 0 Å². The summed E-state index contributed by atoms with van der Waals surface area (Å²) in [4.78, 5) is 11.0. The molecule has 0 saturated heterocycles. The minimum absolute atomic E-state index is 0.0781. The summed E-state index contributed by atoms with van der Waals surface area (Å²) in [5, 5.41) is 13.3. The highest BCUT2D eigenvalue weighted by atomic mass is 32.1. The number of carboxylic acids is 1. The van der Waals surface area contributed by atoms with Gasteiger partial charge in [-0.25, -0.2) is 0 Å². The zero-order valence-corrected chi connectivity index (χ0v) is 8.96. The maximum atomic E-state index is 11.0. The standard InChI is InChI=1S/C9H13N3O2S/c10-9(15)12-11-6-3-4-1-2-5(6)7(4)8(13)14/h4-5,7H,1-3H2,(H,13,14)(H3,10,12,15)/b11-6+. The topological polar surface area (TPSA) is 87.7 Å². The zero-order chi connectivity index (χ0) is 11.0. The van der Waals surface area contributed by atoms with Crippen LogP contribution in [-0.4, -0.2) is 21.9 Å². The average molecular weight is 227 g/mol. The van der Waals surface area contributed by atoms with Crippen molar-refractivity contribution >= 4 is 29.0 Å². The molecule has 0 aliphatic heterocycles. The molecule has 5 nitrogen and oxygen atoms in total. The summed E-state index contributed by atoms with van der Waals surface area (Å²) >= 11 is 4.64. The van der Waals surface area contributed by atoms with Gasteiger partial charge < -0.3 is 10.8 Å². The van der Waals surface area contributed by atoms with Crippen LogP contribution in [0.4, 0.5) is 0 Å². The maximum Gasteiger partial charge on any atom is 0.307 e. The second-order valence-electron chi connectivity index (χ2n) is 4.09. The highest BCUT2D eigenvalue weighted by Gasteiger charge is 2.49. The molecule has 3 atom stereocenters. The number of nitrogens with one attached hydrogen (secondary N) is 1. The van der Waals surface area contributed by atoms with E-state index < -0.39 is 5.97 Å². The lowest BCUT2D eigenvalue weighted by molar-refractivity contribution is -0.143. The third-order valence-corrected chi connectivity index (χ3v) is 3.38. The first-order valence-corrected chi connectivity index (χ1v) is 5.35. The van der Waals surface area contributed by atoms with Gasteiger partial charge in [0, 0.05) is 11.6 Å². The van der Waals surface area contributed by atoms with E-state index in [1.165, 1.54) is 0 Å². The smallest absolute Gasteiger partial charge is 0.307 e. The Balaban J connectivity index is 2.11. The lowest BCUT2D eigenvalue weighted by Gasteiger charge is -2.11. The van der Waals surface area contributed by atoms with Gasteiger partial charge in [0.25, 0.3) is 0 Å². The Labute approximate surface area is 92.7 Å². The summed E-state index contributed by atoms with van der Waals surface area (Å²) in [6.07, 6.45) is 2.67. The molecule has 2 bridgehead atoms. The number of carbonyl (C=O) groups is 1. The summed E-state index contributed by atoms with van der Waals surface area (Å²) in [5.74, 6) is -0.631. The summed E-state index contributed by atoms with van der Waals surface area (Å²) in [6, 6.07) is 0. The minimum Gasteiger partial charge on any atom is -0.481 e. The quantitative estimate of drug-likeness (QED) is 0.466. The van der Waals surface area contributed by atoms with E-state index in [2.05, 4.69) is 22.7 Å². The van der Waals surface area contributed by atoms with Crippen molar-refractivity contribution in [2.75, 3.05) is 0 Å². The molecule has 2 saturated carbocycles. The Morgan fingerprint density at radius 3 is 2.87 bits per heavy atom. The summed E-state index contributed by atoms with van der Waals surface area (Å²) in [6.45, 7) is 0. The number of hydrazone groups is 1. The van der Waals surface area contributed by atoms with E-state index in [1.54, 1.807) is 0 Å². The van der Waals surface area contributed by atoms with E-state index in [0.717, 1.165) is 25.0 Å². The molecule has 82 valence electrons. The van der Waals surface area contributed by atoms with Crippen LogP contribution in [0.25, 0.3) is 0 Å². The number of thiocarbonyl (C=S) groups is 1. The van der Waals surface area contributed by atoms with E-state index in [1.807, 2.05) is 0 Å². The molecule has 2 aliphatic rings. The van der Waals surface area contributed by atoms with Crippen LogP contribution in [-0.2, 0) is 4.79 Å². The lowest BCUT2D eigenvalue weighted by Crippen LogP contribution is -2.27. The Bertz CT molecular complexity index is 342. The molecule has 2 fully saturated rings. The van der Waals surface area contributed by atoms with Gasteiger partial charge in [-0.1, -0.05) is 0 Å². The predicted molar refractivity (Wildman–Crippen MR) is 59.3 cm³/mol. The SMILES string of the molecule is NC(=S)N/N=C1\CC2CCC1C2C(=O)O. The Kier molecular flexibility index (Phi) is 2.60. The van der Waals surface area contributed by atoms with Crippen LogP contribution in [0.15, 0.2) is 5.10 Å². The number of nitrogens with two attached hydrogens (primary N) is 1. The zero-order valence-electron chi connectivity index (χ0n) is 8.14. The predicted octanol–water partition coefficient (Wildman–Crippen LogP) is 0.306. The van der Waals surface area contributed by atoms with E-state index >= 15 is 0 Å². The Morgan fingerprint density at radius 1 is 1.60 bits per heavy atom. The van der Waals surface area contributed by atoms with Gasteiger partial charge in [0.2, 0.25) is 0 Å². The van der Waals surface area contributed by atoms with Crippen LogP contribution in [0, 0.1) is 17.8 Å². The first kappa shape index (κ1) is 10.4. The fourth-order valence-corrected chi connectivity index (χ4v) is 2.78. The molecular formula is C9H13N3O2S. The van der Waals surface area contributed by atoms with Gasteiger partial charge in [-0.2, -0.15) is 5.10 Å². The normalized spacial score (nSPS) is 35.7. The average Bonchev–Trinajstić information content (AvgIpc) is 2.70. The number of hydrogen-bond acceptors (Lipinski definition) is 3. The largest absolute Gasteiger partial charge is 0.481 e. The molecule has 0 amide bonds. The molecule has 0 aromatic heterocycles. The van der Waals surface area contributed by atoms with Crippen molar-refractivity contribution in [3.05, 3.63) is 0 Å². The van der Waals surface area contributed by atoms with Gasteiger partial charge in [-0.05, 0) is 37.4 Å². The van der Waals surface area contributed by atoms with Crippen molar-refractivity contribution < 1.29 is 9.90 Å². The molecule has 15 heavy (non-hydrogen) atoms. The summed E-state index contributed by atoms with van der Waals surface area (Å²) < 4.78 is 0. The van der Waals surface area contributed by atoms with Gasteiger partial charge in [0.1, 0.15) is 0 Å². The maximum absolute atomic E-state index is 11.0. The van der Waals surface area contributed by atoms with Gasteiger partial charge >= 0.3 is 5.97 Å². The third kappa shape index (κ3) is 1.81. The van der Waals surface area contributed by atoms with E-state index in [-0.39, 0.29) is 22.9 Å². The Hall–Kier alpha value is -1.17. The first-order chi connectivity index (χ1) is 7.09. The van der Waals surface area contributed by atoms with Crippen LogP contribution in [0.1, 0.15) is 19.3 Å². The number of carboxylic acid groups (broad SMARTS) is 1. The molecule has 0 heterocycles. The number of fused-ring (bicyclic) bond motifs is 2. The third-order valence-electron chi connectivity index (χ3n) is 3.28. The molecule has 0 aromatic carbocycles. The molecule has 0 aromatic rings. The minimum atomic E-state index is -0.706. The lowest BCUT2D eigenvalue weighted by atomic mass is 9.98. The van der Waals surface area contributed by atoms with Gasteiger partial charge in [-0.15, -0.1) is 0 Å². The molecule has 3 unspecified atom stereocenters. The molecule has 2 rings (SSSR count). The van der Waals surface area contributed by atoms with E-state index in [4.69, 9.17) is 10.8 Å². The van der Waals surface area contributed by atoms with Crippen LogP contribution < -0.4 is 11.2 Å². The van der Waals surface area contributed by atoms with Crippen molar-refractivity contribution in [2.24, 2.45) is 28.6 Å². The number of hydrogen-bond donors (Lipinski definition) is 3. The van der Waals surface area contributed by atoms with Crippen LogP contribution in [0.2, 0.25) is 0 Å². The summed E-state index contributed by atoms with van der Waals surface area (Å²) in [5.41, 5.74) is 8.70. The highest BCUT2D eigenvalue weighted by molar-refractivity contribution is 7.80. The second kappa shape index (κ2) is 3.77. The second-order valence-corrected chi connectivity index (χ2v) is 4.53. The van der Waals surface area contributed by atoms with Crippen molar-refractivity contribution in [1.82, 2.24) is 5.43 Å². The van der Waals surface area contributed by atoms with E-state index in [9.17, 15) is 4.79 Å². The molecule has 0 radical (unpaired) electrons. The number of nitrogens with zero attached hydrogens (tertiary/aromatic N) is 1. The molecular weight excluding hydrogens is 214 g/mol. The van der Waals surface area contributed by atoms with Crippen molar-refractivity contribution in [1.29, 1.82) is 0 Å². The fraction of sp³-hybridized carbons (Fsp3) is 0.667. The number of rotatable bonds is 2. The van der Waals surface area contributed by atoms with Crippen molar-refractivity contribution in [3.63, 3.8) is 0 Å². The molecule has 6 heteroatoms. The van der Waals surface area contributed by atoms with Crippen LogP contribution in [0.3, 0.4) is 0 Å². The molecule has 2 aliphatic carbocycles. The van der Waals surface area contributed by atoms with Gasteiger partial charge in [0.15, 0.2) is 5.11 Å². The molecule has 0 spiro atoms.